The molecule has 0 saturated carbocycles. The van der Waals surface area contributed by atoms with Gasteiger partial charge in [0.2, 0.25) is 5.89 Å². The number of aryl methyl sites for hydroxylation is 2. The highest BCUT2D eigenvalue weighted by Gasteiger charge is 2.02. The third kappa shape index (κ3) is 3.42. The van der Waals surface area contributed by atoms with Crippen LogP contribution >= 0.6 is 0 Å². The monoisotopic (exact) mass is 235 g/mol. The molecule has 0 unspecified atom stereocenters. The van der Waals surface area contributed by atoms with Crippen molar-refractivity contribution in [3.63, 3.8) is 0 Å². The molecule has 0 spiro atoms. The Bertz CT molecular complexity index is 462. The lowest BCUT2D eigenvalue weighted by Crippen LogP contribution is -2.16. The average molecular weight is 235 g/mol. The molecule has 17 heavy (non-hydrogen) atoms. The van der Waals surface area contributed by atoms with Gasteiger partial charge >= 0.3 is 0 Å². The molecule has 0 aliphatic rings. The summed E-state index contributed by atoms with van der Waals surface area (Å²) in [5, 5.41) is 7.11. The Hall–Kier alpha value is -1.62. The zero-order valence-electron chi connectivity index (χ0n) is 10.2. The second-order valence-electron chi connectivity index (χ2n) is 3.88. The van der Waals surface area contributed by atoms with E-state index in [1.165, 1.54) is 0 Å². The van der Waals surface area contributed by atoms with Crippen LogP contribution < -0.4 is 5.32 Å². The molecule has 92 valence electrons. The van der Waals surface area contributed by atoms with Crippen molar-refractivity contribution in [2.24, 2.45) is 0 Å². The third-order valence-electron chi connectivity index (χ3n) is 2.46. The summed E-state index contributed by atoms with van der Waals surface area (Å²) in [5.74, 6) is 3.34. The van der Waals surface area contributed by atoms with Crippen LogP contribution in [0.25, 0.3) is 0 Å². The molecule has 0 saturated heterocycles. The van der Waals surface area contributed by atoms with Crippen LogP contribution in [-0.2, 0) is 19.4 Å². The van der Waals surface area contributed by atoms with Crippen LogP contribution in [0.15, 0.2) is 21.1 Å². The molecule has 0 aromatic carbocycles. The minimum atomic E-state index is 0.610. The van der Waals surface area contributed by atoms with Crippen LogP contribution in [0, 0.1) is 6.92 Å². The minimum Gasteiger partial charge on any atom is -0.465 e. The lowest BCUT2D eigenvalue weighted by molar-refractivity contribution is 0.386. The van der Waals surface area contributed by atoms with E-state index in [0.29, 0.717) is 5.89 Å². The van der Waals surface area contributed by atoms with Crippen LogP contribution in [0.1, 0.15) is 30.2 Å². The zero-order valence-corrected chi connectivity index (χ0v) is 10.2. The van der Waals surface area contributed by atoms with Gasteiger partial charge in [-0.05, 0) is 12.1 Å². The third-order valence-corrected chi connectivity index (χ3v) is 2.46. The Morgan fingerprint density at radius 2 is 2.12 bits per heavy atom. The second kappa shape index (κ2) is 5.63. The highest BCUT2D eigenvalue weighted by atomic mass is 16.5. The van der Waals surface area contributed by atoms with E-state index in [9.17, 15) is 0 Å². The number of aromatic nitrogens is 2. The van der Waals surface area contributed by atoms with Gasteiger partial charge in [-0.2, -0.15) is 4.98 Å². The van der Waals surface area contributed by atoms with E-state index in [1.54, 1.807) is 6.92 Å². The van der Waals surface area contributed by atoms with Crippen LogP contribution in [0.3, 0.4) is 0 Å². The number of furan rings is 1. The van der Waals surface area contributed by atoms with Gasteiger partial charge in [-0.3, -0.25) is 0 Å². The largest absolute Gasteiger partial charge is 0.465 e. The molecule has 2 aromatic rings. The molecule has 5 nitrogen and oxygen atoms in total. The predicted molar refractivity (Wildman–Crippen MR) is 62.5 cm³/mol. The van der Waals surface area contributed by atoms with Crippen LogP contribution in [0.2, 0.25) is 0 Å². The molecule has 0 amide bonds. The molecular weight excluding hydrogens is 218 g/mol. The van der Waals surface area contributed by atoms with Crippen LogP contribution in [0.4, 0.5) is 0 Å². The molecule has 5 heteroatoms. The fourth-order valence-corrected chi connectivity index (χ4v) is 1.56. The molecular formula is C12H17N3O2. The summed E-state index contributed by atoms with van der Waals surface area (Å²) in [4.78, 5) is 4.13. The Labute approximate surface area is 100 Å². The summed E-state index contributed by atoms with van der Waals surface area (Å²) in [6.07, 6.45) is 1.70. The van der Waals surface area contributed by atoms with Crippen molar-refractivity contribution in [2.45, 2.75) is 33.2 Å². The second-order valence-corrected chi connectivity index (χ2v) is 3.88. The normalized spacial score (nSPS) is 10.9. The number of hydrogen-bond donors (Lipinski definition) is 1. The van der Waals surface area contributed by atoms with Gasteiger partial charge in [-0.25, -0.2) is 0 Å². The highest BCUT2D eigenvalue weighted by Crippen LogP contribution is 2.07. The van der Waals surface area contributed by atoms with E-state index in [4.69, 9.17) is 8.94 Å². The van der Waals surface area contributed by atoms with E-state index in [-0.39, 0.29) is 0 Å². The smallest absolute Gasteiger partial charge is 0.223 e. The molecule has 0 aliphatic carbocycles. The topological polar surface area (TPSA) is 64.1 Å². The standard InChI is InChI=1S/C12H17N3O2/c1-3-10-4-5-11(16-10)8-13-7-6-12-14-9(2)17-15-12/h4-5,13H,3,6-8H2,1-2H3. The van der Waals surface area contributed by atoms with Crippen molar-refractivity contribution in [3.05, 3.63) is 35.4 Å². The van der Waals surface area contributed by atoms with Gasteiger partial charge in [0.1, 0.15) is 11.5 Å². The maximum Gasteiger partial charge on any atom is 0.223 e. The molecule has 0 radical (unpaired) electrons. The zero-order chi connectivity index (χ0) is 12.1. The Morgan fingerprint density at radius 1 is 1.29 bits per heavy atom. The van der Waals surface area contributed by atoms with E-state index < -0.39 is 0 Å². The van der Waals surface area contributed by atoms with E-state index >= 15 is 0 Å². The summed E-state index contributed by atoms with van der Waals surface area (Å²) >= 11 is 0. The van der Waals surface area contributed by atoms with Crippen LogP contribution in [0.5, 0.6) is 0 Å². The van der Waals surface area contributed by atoms with Gasteiger partial charge in [-0.15, -0.1) is 0 Å². The first-order valence-electron chi connectivity index (χ1n) is 5.85. The first kappa shape index (κ1) is 11.9. The fraction of sp³-hybridized carbons (Fsp3) is 0.500. The highest BCUT2D eigenvalue weighted by molar-refractivity contribution is 5.06. The Morgan fingerprint density at radius 3 is 2.76 bits per heavy atom. The van der Waals surface area contributed by atoms with Crippen molar-refractivity contribution >= 4 is 0 Å². The fourth-order valence-electron chi connectivity index (χ4n) is 1.56. The van der Waals surface area contributed by atoms with Crippen LogP contribution in [-0.4, -0.2) is 16.7 Å². The Balaban J connectivity index is 1.69. The summed E-state index contributed by atoms with van der Waals surface area (Å²) < 4.78 is 10.5. The number of nitrogens with one attached hydrogen (secondary N) is 1. The number of hydrogen-bond acceptors (Lipinski definition) is 5. The molecule has 0 aliphatic heterocycles. The SMILES string of the molecule is CCc1ccc(CNCCc2noc(C)n2)o1. The first-order valence-corrected chi connectivity index (χ1v) is 5.85. The van der Waals surface area contributed by atoms with Crippen molar-refractivity contribution in [2.75, 3.05) is 6.54 Å². The summed E-state index contributed by atoms with van der Waals surface area (Å²) in [6.45, 7) is 5.41. The maximum absolute atomic E-state index is 5.58. The molecule has 1 N–H and O–H groups in total. The predicted octanol–water partition coefficient (Wildman–Crippen LogP) is 1.87. The maximum atomic E-state index is 5.58. The molecule has 0 bridgehead atoms. The van der Waals surface area contributed by atoms with Crippen molar-refractivity contribution < 1.29 is 8.94 Å². The molecule has 0 fully saturated rings. The van der Waals surface area contributed by atoms with Crippen molar-refractivity contribution in [1.29, 1.82) is 0 Å². The molecule has 2 heterocycles. The van der Waals surface area contributed by atoms with Gasteiger partial charge in [0.15, 0.2) is 5.82 Å². The molecule has 2 rings (SSSR count). The van der Waals surface area contributed by atoms with Gasteiger partial charge < -0.3 is 14.3 Å². The van der Waals surface area contributed by atoms with Crippen molar-refractivity contribution in [3.8, 4) is 0 Å². The summed E-state index contributed by atoms with van der Waals surface area (Å²) in [6, 6.07) is 4.02. The minimum absolute atomic E-state index is 0.610. The van der Waals surface area contributed by atoms with Gasteiger partial charge in [0.05, 0.1) is 6.54 Å². The number of nitrogens with zero attached hydrogens (tertiary/aromatic N) is 2. The summed E-state index contributed by atoms with van der Waals surface area (Å²) in [7, 11) is 0. The van der Waals surface area contributed by atoms with E-state index in [2.05, 4.69) is 22.4 Å². The van der Waals surface area contributed by atoms with E-state index in [0.717, 1.165) is 43.3 Å². The van der Waals surface area contributed by atoms with Gasteiger partial charge in [0.25, 0.3) is 0 Å². The quantitative estimate of drug-likeness (QED) is 0.774. The van der Waals surface area contributed by atoms with E-state index in [1.807, 2.05) is 12.1 Å². The lowest BCUT2D eigenvalue weighted by Gasteiger charge is -1.99. The van der Waals surface area contributed by atoms with Gasteiger partial charge in [-0.1, -0.05) is 12.1 Å². The molecule has 0 atom stereocenters. The van der Waals surface area contributed by atoms with Crippen molar-refractivity contribution in [1.82, 2.24) is 15.5 Å². The average Bonchev–Trinajstić information content (AvgIpc) is 2.93. The molecule has 2 aromatic heterocycles. The van der Waals surface area contributed by atoms with Gasteiger partial charge in [0, 0.05) is 26.3 Å². The first-order chi connectivity index (χ1) is 8.28. The Kier molecular flexibility index (Phi) is 3.93. The number of rotatable bonds is 6. The summed E-state index contributed by atoms with van der Waals surface area (Å²) in [5.41, 5.74) is 0. The lowest BCUT2D eigenvalue weighted by atomic mass is 10.3.